The highest BCUT2D eigenvalue weighted by atomic mass is 15.3. The third-order valence-electron chi connectivity index (χ3n) is 4.97. The lowest BCUT2D eigenvalue weighted by Crippen LogP contribution is -2.41. The van der Waals surface area contributed by atoms with Gasteiger partial charge < -0.3 is 10.2 Å². The van der Waals surface area contributed by atoms with Crippen molar-refractivity contribution in [3.63, 3.8) is 0 Å². The van der Waals surface area contributed by atoms with E-state index in [0.717, 1.165) is 6.04 Å². The van der Waals surface area contributed by atoms with E-state index in [4.69, 9.17) is 0 Å². The highest BCUT2D eigenvalue weighted by Crippen LogP contribution is 2.19. The molecule has 0 spiro atoms. The summed E-state index contributed by atoms with van der Waals surface area (Å²) < 4.78 is 0. The van der Waals surface area contributed by atoms with E-state index in [2.05, 4.69) is 22.0 Å². The summed E-state index contributed by atoms with van der Waals surface area (Å²) in [6.45, 7) is 11.3. The Morgan fingerprint density at radius 3 is 2.60 bits per heavy atom. The van der Waals surface area contributed by atoms with Crippen molar-refractivity contribution in [1.82, 2.24) is 15.1 Å². The molecule has 1 N–H and O–H groups in total. The highest BCUT2D eigenvalue weighted by Gasteiger charge is 2.27. The van der Waals surface area contributed by atoms with Crippen molar-refractivity contribution in [3.05, 3.63) is 0 Å². The first kappa shape index (κ1) is 16.3. The zero-order valence-corrected chi connectivity index (χ0v) is 13.6. The normalized spacial score (nSPS) is 25.4. The van der Waals surface area contributed by atoms with Gasteiger partial charge in [0, 0.05) is 25.7 Å². The van der Waals surface area contributed by atoms with Crippen molar-refractivity contribution in [3.8, 4) is 0 Å². The zero-order valence-electron chi connectivity index (χ0n) is 13.6. The van der Waals surface area contributed by atoms with Gasteiger partial charge in [0.15, 0.2) is 0 Å². The number of hydrogen-bond donors (Lipinski definition) is 1. The molecule has 0 aromatic rings. The molecule has 3 nitrogen and oxygen atoms in total. The van der Waals surface area contributed by atoms with Gasteiger partial charge in [0.2, 0.25) is 0 Å². The molecule has 0 amide bonds. The van der Waals surface area contributed by atoms with Gasteiger partial charge in [-0.25, -0.2) is 0 Å². The third kappa shape index (κ3) is 5.71. The van der Waals surface area contributed by atoms with Crippen molar-refractivity contribution in [2.45, 2.75) is 64.3 Å². The van der Waals surface area contributed by atoms with Crippen LogP contribution in [-0.4, -0.2) is 61.7 Å². The Balaban J connectivity index is 1.48. The lowest BCUT2D eigenvalue weighted by atomic mass is 10.1. The van der Waals surface area contributed by atoms with Gasteiger partial charge in [-0.05, 0) is 51.9 Å². The molecule has 2 heterocycles. The SMILES string of the molecule is CCCCCCNCCN1CCC(N2CCCCC2)C1. The molecular formula is C17H35N3. The molecule has 118 valence electrons. The van der Waals surface area contributed by atoms with Crippen LogP contribution in [0.5, 0.6) is 0 Å². The van der Waals surface area contributed by atoms with E-state index < -0.39 is 0 Å². The number of rotatable bonds is 9. The molecule has 0 bridgehead atoms. The Labute approximate surface area is 126 Å². The number of piperidine rings is 1. The molecule has 0 aromatic heterocycles. The minimum absolute atomic E-state index is 0.861. The Bertz CT molecular complexity index is 238. The lowest BCUT2D eigenvalue weighted by Gasteiger charge is -2.32. The maximum Gasteiger partial charge on any atom is 0.0235 e. The van der Waals surface area contributed by atoms with Crippen molar-refractivity contribution in [2.75, 3.05) is 45.8 Å². The van der Waals surface area contributed by atoms with Crippen LogP contribution < -0.4 is 5.32 Å². The van der Waals surface area contributed by atoms with E-state index in [0.29, 0.717) is 0 Å². The maximum atomic E-state index is 3.61. The van der Waals surface area contributed by atoms with E-state index in [1.165, 1.54) is 97.2 Å². The number of hydrogen-bond acceptors (Lipinski definition) is 3. The third-order valence-corrected chi connectivity index (χ3v) is 4.97. The fourth-order valence-corrected chi connectivity index (χ4v) is 3.64. The number of likely N-dealkylation sites (tertiary alicyclic amines) is 2. The van der Waals surface area contributed by atoms with E-state index in [1.54, 1.807) is 0 Å². The van der Waals surface area contributed by atoms with Crippen LogP contribution in [0.2, 0.25) is 0 Å². The maximum absolute atomic E-state index is 3.61. The lowest BCUT2D eigenvalue weighted by molar-refractivity contribution is 0.162. The number of unbranched alkanes of at least 4 members (excludes halogenated alkanes) is 3. The summed E-state index contributed by atoms with van der Waals surface area (Å²) in [6.07, 6.45) is 11.2. The molecule has 1 atom stereocenters. The molecule has 0 radical (unpaired) electrons. The summed E-state index contributed by atoms with van der Waals surface area (Å²) in [5, 5.41) is 3.61. The Morgan fingerprint density at radius 1 is 0.950 bits per heavy atom. The largest absolute Gasteiger partial charge is 0.315 e. The van der Waals surface area contributed by atoms with Gasteiger partial charge in [-0.15, -0.1) is 0 Å². The molecule has 1 unspecified atom stereocenters. The molecular weight excluding hydrogens is 246 g/mol. The van der Waals surface area contributed by atoms with Gasteiger partial charge in [-0.1, -0.05) is 32.6 Å². The molecule has 20 heavy (non-hydrogen) atoms. The van der Waals surface area contributed by atoms with Crippen LogP contribution in [0, 0.1) is 0 Å². The van der Waals surface area contributed by atoms with Crippen molar-refractivity contribution < 1.29 is 0 Å². The van der Waals surface area contributed by atoms with Crippen LogP contribution in [0.15, 0.2) is 0 Å². The number of nitrogens with zero attached hydrogens (tertiary/aromatic N) is 2. The Hall–Kier alpha value is -0.120. The minimum atomic E-state index is 0.861. The molecule has 0 saturated carbocycles. The fraction of sp³-hybridized carbons (Fsp3) is 1.00. The van der Waals surface area contributed by atoms with Gasteiger partial charge in [0.25, 0.3) is 0 Å². The van der Waals surface area contributed by atoms with Crippen molar-refractivity contribution in [1.29, 1.82) is 0 Å². The van der Waals surface area contributed by atoms with Crippen LogP contribution >= 0.6 is 0 Å². The molecule has 3 heteroatoms. The molecule has 0 aliphatic carbocycles. The fourth-order valence-electron chi connectivity index (χ4n) is 3.64. The second-order valence-corrected chi connectivity index (χ2v) is 6.65. The second kappa shape index (κ2) is 9.75. The second-order valence-electron chi connectivity index (χ2n) is 6.65. The zero-order chi connectivity index (χ0) is 14.0. The van der Waals surface area contributed by atoms with Gasteiger partial charge in [0.05, 0.1) is 0 Å². The average Bonchev–Trinajstić information content (AvgIpc) is 2.96. The summed E-state index contributed by atoms with van der Waals surface area (Å²) in [5.74, 6) is 0. The van der Waals surface area contributed by atoms with Gasteiger partial charge >= 0.3 is 0 Å². The molecule has 2 aliphatic rings. The predicted molar refractivity (Wildman–Crippen MR) is 87.3 cm³/mol. The Morgan fingerprint density at radius 2 is 1.80 bits per heavy atom. The summed E-state index contributed by atoms with van der Waals surface area (Å²) in [6, 6.07) is 0.861. The standard InChI is InChI=1S/C17H35N3/c1-2-3-4-6-10-18-11-15-19-14-9-17(16-19)20-12-7-5-8-13-20/h17-18H,2-16H2,1H3. The van der Waals surface area contributed by atoms with Crippen LogP contribution in [0.4, 0.5) is 0 Å². The molecule has 2 fully saturated rings. The predicted octanol–water partition coefficient (Wildman–Crippen LogP) is 2.72. The minimum Gasteiger partial charge on any atom is -0.315 e. The van der Waals surface area contributed by atoms with Gasteiger partial charge in [0.1, 0.15) is 0 Å². The summed E-state index contributed by atoms with van der Waals surface area (Å²) in [5.41, 5.74) is 0. The average molecular weight is 281 g/mol. The topological polar surface area (TPSA) is 18.5 Å². The highest BCUT2D eigenvalue weighted by molar-refractivity contribution is 4.84. The number of nitrogens with one attached hydrogen (secondary N) is 1. The van der Waals surface area contributed by atoms with Crippen molar-refractivity contribution >= 4 is 0 Å². The van der Waals surface area contributed by atoms with E-state index in [1.807, 2.05) is 0 Å². The first-order chi connectivity index (χ1) is 9.90. The van der Waals surface area contributed by atoms with Crippen molar-refractivity contribution in [2.24, 2.45) is 0 Å². The van der Waals surface area contributed by atoms with E-state index in [-0.39, 0.29) is 0 Å². The first-order valence-electron chi connectivity index (χ1n) is 9.07. The van der Waals surface area contributed by atoms with Crippen LogP contribution in [0.25, 0.3) is 0 Å². The van der Waals surface area contributed by atoms with E-state index >= 15 is 0 Å². The van der Waals surface area contributed by atoms with Crippen LogP contribution in [0.1, 0.15) is 58.3 Å². The molecule has 2 aliphatic heterocycles. The van der Waals surface area contributed by atoms with Crippen LogP contribution in [-0.2, 0) is 0 Å². The molecule has 2 rings (SSSR count). The summed E-state index contributed by atoms with van der Waals surface area (Å²) in [4.78, 5) is 5.42. The van der Waals surface area contributed by atoms with Gasteiger partial charge in [-0.2, -0.15) is 0 Å². The summed E-state index contributed by atoms with van der Waals surface area (Å²) in [7, 11) is 0. The summed E-state index contributed by atoms with van der Waals surface area (Å²) >= 11 is 0. The quantitative estimate of drug-likeness (QED) is 0.656. The smallest absolute Gasteiger partial charge is 0.0235 e. The molecule has 0 aromatic carbocycles. The van der Waals surface area contributed by atoms with E-state index in [9.17, 15) is 0 Å². The van der Waals surface area contributed by atoms with Crippen LogP contribution in [0.3, 0.4) is 0 Å². The first-order valence-corrected chi connectivity index (χ1v) is 9.07. The van der Waals surface area contributed by atoms with Gasteiger partial charge in [-0.3, -0.25) is 4.90 Å². The molecule has 2 saturated heterocycles. The monoisotopic (exact) mass is 281 g/mol. The Kier molecular flexibility index (Phi) is 7.92.